The largest absolute Gasteiger partial charge is 0.320 e. The summed E-state index contributed by atoms with van der Waals surface area (Å²) in [5.41, 5.74) is -0.107. The first kappa shape index (κ1) is 16.9. The van der Waals surface area contributed by atoms with E-state index in [-0.39, 0.29) is 10.6 Å². The molecule has 1 aromatic rings. The third kappa shape index (κ3) is 3.82. The van der Waals surface area contributed by atoms with Crippen molar-refractivity contribution < 1.29 is 13.3 Å². The minimum Gasteiger partial charge on any atom is -0.320 e. The lowest BCUT2D eigenvalue weighted by molar-refractivity contribution is -0.384. The summed E-state index contributed by atoms with van der Waals surface area (Å²) in [5.74, 6) is 0.552. The first-order chi connectivity index (χ1) is 10.4. The Morgan fingerprint density at radius 3 is 2.36 bits per heavy atom. The number of hydrogen-bond acceptors (Lipinski definition) is 5. The second kappa shape index (κ2) is 7.17. The van der Waals surface area contributed by atoms with E-state index in [9.17, 15) is 18.5 Å². The first-order valence-corrected chi connectivity index (χ1v) is 8.78. The van der Waals surface area contributed by atoms with Gasteiger partial charge in [0.2, 0.25) is 10.0 Å². The van der Waals surface area contributed by atoms with Crippen molar-refractivity contribution >= 4 is 15.7 Å². The van der Waals surface area contributed by atoms with Gasteiger partial charge in [0.1, 0.15) is 0 Å². The van der Waals surface area contributed by atoms with E-state index in [1.807, 2.05) is 7.05 Å². The lowest BCUT2D eigenvalue weighted by atomic mass is 9.95. The van der Waals surface area contributed by atoms with Gasteiger partial charge in [-0.2, -0.15) is 4.31 Å². The minimum absolute atomic E-state index is 0.107. The Morgan fingerprint density at radius 1 is 1.27 bits per heavy atom. The number of piperidine rings is 1. The van der Waals surface area contributed by atoms with E-state index >= 15 is 0 Å². The summed E-state index contributed by atoms with van der Waals surface area (Å²) in [6.45, 7) is 1.96. The van der Waals surface area contributed by atoms with Crippen molar-refractivity contribution in [2.24, 2.45) is 5.92 Å². The fourth-order valence-corrected chi connectivity index (χ4v) is 4.15. The molecule has 122 valence electrons. The molecule has 0 aliphatic carbocycles. The zero-order valence-corrected chi connectivity index (χ0v) is 13.4. The molecule has 22 heavy (non-hydrogen) atoms. The monoisotopic (exact) mass is 327 g/mol. The van der Waals surface area contributed by atoms with Gasteiger partial charge in [0.25, 0.3) is 5.69 Å². The van der Waals surface area contributed by atoms with Gasteiger partial charge < -0.3 is 5.32 Å². The highest BCUT2D eigenvalue weighted by atomic mass is 32.2. The maximum Gasteiger partial charge on any atom is 0.269 e. The third-order valence-electron chi connectivity index (χ3n) is 4.06. The number of benzene rings is 1. The van der Waals surface area contributed by atoms with Gasteiger partial charge in [0, 0.05) is 25.2 Å². The number of nitro groups is 1. The molecule has 0 saturated carbocycles. The number of rotatable bonds is 6. The van der Waals surface area contributed by atoms with Crippen LogP contribution in [0.5, 0.6) is 0 Å². The van der Waals surface area contributed by atoms with Crippen LogP contribution in [0.2, 0.25) is 0 Å². The summed E-state index contributed by atoms with van der Waals surface area (Å²) in [5, 5.41) is 13.7. The van der Waals surface area contributed by atoms with Crippen LogP contribution in [0.15, 0.2) is 29.2 Å². The van der Waals surface area contributed by atoms with Gasteiger partial charge in [-0.1, -0.05) is 0 Å². The van der Waals surface area contributed by atoms with Crippen LogP contribution in [-0.2, 0) is 10.0 Å². The normalized spacial score (nSPS) is 17.5. The van der Waals surface area contributed by atoms with Crippen LogP contribution < -0.4 is 5.32 Å². The summed E-state index contributed by atoms with van der Waals surface area (Å²) >= 11 is 0. The molecule has 7 nitrogen and oxygen atoms in total. The molecule has 0 amide bonds. The molecule has 1 N–H and O–H groups in total. The van der Waals surface area contributed by atoms with Gasteiger partial charge in [-0.05, 0) is 50.9 Å². The number of non-ortho nitro benzene ring substituents is 1. The van der Waals surface area contributed by atoms with Crippen molar-refractivity contribution in [1.82, 2.24) is 9.62 Å². The minimum atomic E-state index is -3.55. The van der Waals surface area contributed by atoms with Crippen LogP contribution in [-0.4, -0.2) is 44.3 Å². The molecule has 1 aliphatic rings. The van der Waals surface area contributed by atoms with Crippen molar-refractivity contribution in [3.8, 4) is 0 Å². The Bertz CT molecular complexity index is 607. The number of nitrogens with zero attached hydrogens (tertiary/aromatic N) is 2. The van der Waals surface area contributed by atoms with E-state index in [1.54, 1.807) is 0 Å². The Labute approximate surface area is 130 Å². The van der Waals surface area contributed by atoms with Gasteiger partial charge in [-0.25, -0.2) is 8.42 Å². The zero-order valence-electron chi connectivity index (χ0n) is 12.6. The molecule has 1 aromatic carbocycles. The molecule has 0 spiro atoms. The van der Waals surface area contributed by atoms with Crippen molar-refractivity contribution in [2.45, 2.75) is 24.2 Å². The molecule has 0 radical (unpaired) electrons. The van der Waals surface area contributed by atoms with Gasteiger partial charge in [0.15, 0.2) is 0 Å². The Kier molecular flexibility index (Phi) is 5.49. The molecule has 1 aliphatic heterocycles. The van der Waals surface area contributed by atoms with Gasteiger partial charge in [-0.15, -0.1) is 0 Å². The number of nitrogens with one attached hydrogen (secondary N) is 1. The van der Waals surface area contributed by atoms with Crippen molar-refractivity contribution in [1.29, 1.82) is 0 Å². The molecule has 0 aromatic heterocycles. The average molecular weight is 327 g/mol. The predicted molar refractivity (Wildman–Crippen MR) is 83.1 cm³/mol. The van der Waals surface area contributed by atoms with E-state index < -0.39 is 14.9 Å². The van der Waals surface area contributed by atoms with Gasteiger partial charge >= 0.3 is 0 Å². The molecule has 0 bridgehead atoms. The van der Waals surface area contributed by atoms with Gasteiger partial charge in [0.05, 0.1) is 9.82 Å². The van der Waals surface area contributed by atoms with Crippen LogP contribution in [0.3, 0.4) is 0 Å². The van der Waals surface area contributed by atoms with Crippen LogP contribution in [0, 0.1) is 16.0 Å². The SMILES string of the molecule is CNCCC1CCN(S(=O)(=O)c2ccc([N+](=O)[O-])cc2)CC1. The van der Waals surface area contributed by atoms with Crippen molar-refractivity contribution in [2.75, 3.05) is 26.7 Å². The fraction of sp³-hybridized carbons (Fsp3) is 0.571. The Morgan fingerprint density at radius 2 is 1.86 bits per heavy atom. The van der Waals surface area contributed by atoms with E-state index in [1.165, 1.54) is 28.6 Å². The topological polar surface area (TPSA) is 92.6 Å². The molecule has 0 unspecified atom stereocenters. The Balaban J connectivity index is 2.03. The first-order valence-electron chi connectivity index (χ1n) is 7.34. The van der Waals surface area contributed by atoms with Crippen LogP contribution >= 0.6 is 0 Å². The number of hydrogen-bond donors (Lipinski definition) is 1. The maximum atomic E-state index is 12.5. The second-order valence-electron chi connectivity index (χ2n) is 5.49. The van der Waals surface area contributed by atoms with E-state index in [2.05, 4.69) is 5.32 Å². The summed E-state index contributed by atoms with van der Waals surface area (Å²) in [4.78, 5) is 10.2. The van der Waals surface area contributed by atoms with Crippen LogP contribution in [0.1, 0.15) is 19.3 Å². The van der Waals surface area contributed by atoms with Crippen molar-refractivity contribution in [3.05, 3.63) is 34.4 Å². The van der Waals surface area contributed by atoms with Gasteiger partial charge in [-0.3, -0.25) is 10.1 Å². The highest BCUT2D eigenvalue weighted by Gasteiger charge is 2.29. The van der Waals surface area contributed by atoms with E-state index in [0.29, 0.717) is 19.0 Å². The summed E-state index contributed by atoms with van der Waals surface area (Å²) < 4.78 is 26.5. The average Bonchev–Trinajstić information content (AvgIpc) is 2.53. The van der Waals surface area contributed by atoms with Crippen molar-refractivity contribution in [3.63, 3.8) is 0 Å². The molecule has 1 heterocycles. The quantitative estimate of drug-likeness (QED) is 0.633. The molecule has 0 atom stereocenters. The molecule has 2 rings (SSSR count). The zero-order chi connectivity index (χ0) is 16.2. The van der Waals surface area contributed by atoms with Crippen LogP contribution in [0.4, 0.5) is 5.69 Å². The van der Waals surface area contributed by atoms with E-state index in [0.717, 1.165) is 25.8 Å². The summed E-state index contributed by atoms with van der Waals surface area (Å²) in [7, 11) is -1.64. The maximum absolute atomic E-state index is 12.5. The molecule has 1 fully saturated rings. The highest BCUT2D eigenvalue weighted by molar-refractivity contribution is 7.89. The van der Waals surface area contributed by atoms with E-state index in [4.69, 9.17) is 0 Å². The standard InChI is InChI=1S/C14H21N3O4S/c1-15-9-6-12-7-10-16(11-8-12)22(20,21)14-4-2-13(3-5-14)17(18)19/h2-5,12,15H,6-11H2,1H3. The molecular formula is C14H21N3O4S. The smallest absolute Gasteiger partial charge is 0.269 e. The predicted octanol–water partition coefficient (Wildman–Crippen LogP) is 1.60. The summed E-state index contributed by atoms with van der Waals surface area (Å²) in [6.07, 6.45) is 2.77. The Hall–Kier alpha value is -1.51. The summed E-state index contributed by atoms with van der Waals surface area (Å²) in [6, 6.07) is 5.07. The molecule has 8 heteroatoms. The third-order valence-corrected chi connectivity index (χ3v) is 5.97. The number of nitro benzene ring substituents is 1. The fourth-order valence-electron chi connectivity index (χ4n) is 2.68. The molecule has 1 saturated heterocycles. The highest BCUT2D eigenvalue weighted by Crippen LogP contribution is 2.26. The lowest BCUT2D eigenvalue weighted by Crippen LogP contribution is -2.38. The van der Waals surface area contributed by atoms with Crippen LogP contribution in [0.25, 0.3) is 0 Å². The second-order valence-corrected chi connectivity index (χ2v) is 7.43. The lowest BCUT2D eigenvalue weighted by Gasteiger charge is -2.31. The molecular weight excluding hydrogens is 306 g/mol. The number of sulfonamides is 1.